The zero-order valence-corrected chi connectivity index (χ0v) is 39.4. The van der Waals surface area contributed by atoms with E-state index < -0.39 is 146 Å². The van der Waals surface area contributed by atoms with E-state index in [0.717, 1.165) is 21.6 Å². The summed E-state index contributed by atoms with van der Waals surface area (Å²) in [5.74, 6) is -11.0. The molecule has 2 rings (SSSR count). The normalized spacial score (nSPS) is 21.6. The van der Waals surface area contributed by atoms with Crippen molar-refractivity contribution < 1.29 is 63.0 Å². The average molecular weight is 982 g/mol. The molecule has 16 N–H and O–H groups in total. The monoisotopic (exact) mass is 981 g/mol. The summed E-state index contributed by atoms with van der Waals surface area (Å²) in [6.07, 6.45) is -1.49. The molecule has 0 saturated carbocycles. The highest BCUT2D eigenvalue weighted by atomic mass is 33.1. The standard InChI is InChI=1S/C41H63N11O13S2/c1-5-21(4)34-41(65)47-24(10-11-30(42)55)36(60)49-27(16-31(43)56)37(61)51-29(40(64)50-28(18-53)39(63)48-25(14-20(2)3)35(59)45-17-32(44)57)19-67-66-13-12-33(58)46-26(38(62)52-34)15-22-6-8-23(54)9-7-22/h6-9,20-21,24-29,34,53-54H,5,10-19H2,1-4H3,(H2,42,55)(H2,43,56)(H2,44,57)(H,45,59)(H,46,58)(H,47,65)(H,48,63)(H,49,60)(H,50,64)(H,51,61)(H,52,62)/t21-,24-,25-,26-,27-,28-,29-,34-/m0/s1. The first kappa shape index (κ1) is 57.0. The van der Waals surface area contributed by atoms with Crippen LogP contribution < -0.4 is 59.7 Å². The Morgan fingerprint density at radius 1 is 0.746 bits per heavy atom. The van der Waals surface area contributed by atoms with Crippen molar-refractivity contribution in [1.29, 1.82) is 0 Å². The smallest absolute Gasteiger partial charge is 0.245 e. The van der Waals surface area contributed by atoms with Gasteiger partial charge in [0.05, 0.1) is 19.6 Å². The molecule has 24 nitrogen and oxygen atoms in total. The number of hydrogen-bond donors (Lipinski definition) is 13. The van der Waals surface area contributed by atoms with E-state index in [1.165, 1.54) is 12.1 Å². The Morgan fingerprint density at radius 3 is 1.96 bits per heavy atom. The second-order valence-corrected chi connectivity index (χ2v) is 18.8. The van der Waals surface area contributed by atoms with Gasteiger partial charge in [0, 0.05) is 30.8 Å². The Labute approximate surface area is 395 Å². The molecule has 1 fully saturated rings. The summed E-state index contributed by atoms with van der Waals surface area (Å²) in [5.41, 5.74) is 16.5. The van der Waals surface area contributed by atoms with Gasteiger partial charge in [-0.2, -0.15) is 0 Å². The van der Waals surface area contributed by atoms with E-state index in [1.54, 1.807) is 39.8 Å². The van der Waals surface area contributed by atoms with E-state index in [4.69, 9.17) is 17.2 Å². The van der Waals surface area contributed by atoms with Crippen molar-refractivity contribution in [2.75, 3.05) is 24.7 Å². The Balaban J connectivity index is 2.57. The zero-order chi connectivity index (χ0) is 50.4. The Morgan fingerprint density at radius 2 is 1.37 bits per heavy atom. The summed E-state index contributed by atoms with van der Waals surface area (Å²) in [6.45, 7) is 5.38. The van der Waals surface area contributed by atoms with Crippen LogP contribution in [0.4, 0.5) is 0 Å². The number of carbonyl (C=O) groups is 11. The van der Waals surface area contributed by atoms with Crippen LogP contribution in [0.3, 0.4) is 0 Å². The van der Waals surface area contributed by atoms with E-state index in [2.05, 4.69) is 42.5 Å². The second-order valence-electron chi connectivity index (χ2n) is 16.2. The van der Waals surface area contributed by atoms with Crippen molar-refractivity contribution in [1.82, 2.24) is 42.5 Å². The van der Waals surface area contributed by atoms with Gasteiger partial charge in [-0.25, -0.2) is 0 Å². The van der Waals surface area contributed by atoms with Crippen LogP contribution in [-0.4, -0.2) is 142 Å². The van der Waals surface area contributed by atoms with Gasteiger partial charge in [0.25, 0.3) is 0 Å². The molecule has 0 aliphatic carbocycles. The van der Waals surface area contributed by atoms with E-state index >= 15 is 0 Å². The number of hydrogen-bond acceptors (Lipinski definition) is 15. The lowest BCUT2D eigenvalue weighted by Crippen LogP contribution is -2.61. The van der Waals surface area contributed by atoms with Crippen LogP contribution in [0.25, 0.3) is 0 Å². The van der Waals surface area contributed by atoms with Gasteiger partial charge in [-0.1, -0.05) is 67.8 Å². The fourth-order valence-electron chi connectivity index (χ4n) is 6.30. The average Bonchev–Trinajstić information content (AvgIpc) is 3.25. The van der Waals surface area contributed by atoms with E-state index in [9.17, 15) is 63.0 Å². The minimum atomic E-state index is -1.79. The molecule has 1 heterocycles. The van der Waals surface area contributed by atoms with Crippen molar-refractivity contribution in [3.8, 4) is 5.75 Å². The number of phenols is 1. The molecule has 26 heteroatoms. The van der Waals surface area contributed by atoms with Crippen molar-refractivity contribution in [2.45, 2.75) is 115 Å². The van der Waals surface area contributed by atoms with Crippen LogP contribution in [-0.2, 0) is 59.2 Å². The SMILES string of the molecule is CC[C@H](C)[C@@H]1NC(=O)[C@H](Cc2ccc(O)cc2)NC(=O)CCSSC[C@@H](C(=O)N[C@@H](CO)C(=O)N[C@@H](CC(C)C)C(=O)NCC(N)=O)NC(=O)[C@H](CC(N)=O)NC(=O)[C@H](CCC(N)=O)NC1=O. The van der Waals surface area contributed by atoms with Crippen molar-refractivity contribution >= 4 is 86.6 Å². The van der Waals surface area contributed by atoms with Crippen LogP contribution >= 0.6 is 21.6 Å². The van der Waals surface area contributed by atoms with Crippen LogP contribution in [0.5, 0.6) is 5.75 Å². The van der Waals surface area contributed by atoms with Gasteiger partial charge < -0.3 is 69.9 Å². The molecule has 372 valence electrons. The summed E-state index contributed by atoms with van der Waals surface area (Å²) < 4.78 is 0. The third-order valence-corrected chi connectivity index (χ3v) is 12.5. The maximum absolute atomic E-state index is 14.0. The van der Waals surface area contributed by atoms with E-state index in [0.29, 0.717) is 12.0 Å². The van der Waals surface area contributed by atoms with Gasteiger partial charge in [0.2, 0.25) is 65.0 Å². The first-order valence-corrected chi connectivity index (χ1v) is 23.9. The second kappa shape index (κ2) is 28.8. The molecule has 0 unspecified atom stereocenters. The number of amides is 11. The van der Waals surface area contributed by atoms with Crippen LogP contribution in [0.15, 0.2) is 24.3 Å². The van der Waals surface area contributed by atoms with Gasteiger partial charge in [-0.15, -0.1) is 0 Å². The lowest BCUT2D eigenvalue weighted by Gasteiger charge is -2.29. The van der Waals surface area contributed by atoms with Gasteiger partial charge in [0.1, 0.15) is 48.0 Å². The molecule has 1 aromatic carbocycles. The lowest BCUT2D eigenvalue weighted by atomic mass is 9.96. The summed E-state index contributed by atoms with van der Waals surface area (Å²) in [6, 6.07) is -4.58. The van der Waals surface area contributed by atoms with Crippen LogP contribution in [0.1, 0.15) is 71.8 Å². The lowest BCUT2D eigenvalue weighted by molar-refractivity contribution is -0.137. The molecule has 8 atom stereocenters. The number of aliphatic hydroxyl groups is 1. The highest BCUT2D eigenvalue weighted by molar-refractivity contribution is 8.76. The number of primary amides is 3. The maximum Gasteiger partial charge on any atom is 0.245 e. The Kier molecular flexibility index (Phi) is 24.5. The summed E-state index contributed by atoms with van der Waals surface area (Å²) in [7, 11) is 2.06. The molecular formula is C41H63N11O13S2. The van der Waals surface area contributed by atoms with Gasteiger partial charge >= 0.3 is 0 Å². The number of nitrogens with one attached hydrogen (secondary N) is 8. The molecule has 0 radical (unpaired) electrons. The first-order chi connectivity index (χ1) is 31.5. The molecular weight excluding hydrogens is 919 g/mol. The van der Waals surface area contributed by atoms with Crippen LogP contribution in [0, 0.1) is 11.8 Å². The minimum absolute atomic E-state index is 0.0405. The summed E-state index contributed by atoms with van der Waals surface area (Å²) in [4.78, 5) is 144. The van der Waals surface area contributed by atoms with Gasteiger partial charge in [-0.3, -0.25) is 52.7 Å². The highest BCUT2D eigenvalue weighted by Crippen LogP contribution is 2.23. The summed E-state index contributed by atoms with van der Waals surface area (Å²) in [5, 5.41) is 39.6. The van der Waals surface area contributed by atoms with E-state index in [-0.39, 0.29) is 42.4 Å². The van der Waals surface area contributed by atoms with Crippen molar-refractivity contribution in [3.05, 3.63) is 29.8 Å². The van der Waals surface area contributed by atoms with Crippen molar-refractivity contribution in [2.24, 2.45) is 29.0 Å². The number of benzene rings is 1. The number of rotatable bonds is 19. The Hall–Kier alpha value is -6.15. The Bertz CT molecular complexity index is 1940. The highest BCUT2D eigenvalue weighted by Gasteiger charge is 2.36. The minimum Gasteiger partial charge on any atom is -0.508 e. The molecule has 1 saturated heterocycles. The molecule has 1 aliphatic heterocycles. The summed E-state index contributed by atoms with van der Waals surface area (Å²) >= 11 is 0. The largest absolute Gasteiger partial charge is 0.508 e. The zero-order valence-electron chi connectivity index (χ0n) is 37.7. The topological polar surface area (TPSA) is 403 Å². The predicted octanol–water partition coefficient (Wildman–Crippen LogP) is -4.06. The van der Waals surface area contributed by atoms with Crippen LogP contribution in [0.2, 0.25) is 0 Å². The van der Waals surface area contributed by atoms with E-state index in [1.807, 2.05) is 0 Å². The molecule has 11 amide bonds. The third kappa shape index (κ3) is 20.9. The molecule has 0 aromatic heterocycles. The van der Waals surface area contributed by atoms with Gasteiger partial charge in [0.15, 0.2) is 0 Å². The molecule has 67 heavy (non-hydrogen) atoms. The van der Waals surface area contributed by atoms with Crippen molar-refractivity contribution in [3.63, 3.8) is 0 Å². The molecule has 0 bridgehead atoms. The fraction of sp³-hybridized carbons (Fsp3) is 0.585. The maximum atomic E-state index is 14.0. The number of carbonyl (C=O) groups excluding carboxylic acids is 11. The molecule has 1 aliphatic rings. The third-order valence-electron chi connectivity index (χ3n) is 10.1. The number of nitrogens with two attached hydrogens (primary N) is 3. The first-order valence-electron chi connectivity index (χ1n) is 21.4. The molecule has 1 aromatic rings. The predicted molar refractivity (Wildman–Crippen MR) is 245 cm³/mol. The number of aromatic hydroxyl groups is 1. The molecule has 0 spiro atoms. The van der Waals surface area contributed by atoms with Gasteiger partial charge in [-0.05, 0) is 42.4 Å². The number of aliphatic hydroxyl groups excluding tert-OH is 1. The quantitative estimate of drug-likeness (QED) is 0.0587. The fourth-order valence-corrected chi connectivity index (χ4v) is 8.46. The number of phenolic OH excluding ortho intramolecular Hbond substituents is 1.